The monoisotopic (exact) mass is 449 g/mol. The average molecular weight is 450 g/mol. The fourth-order valence-electron chi connectivity index (χ4n) is 3.48. The lowest BCUT2D eigenvalue weighted by Crippen LogP contribution is -2.04. The van der Waals surface area contributed by atoms with Crippen LogP contribution in [0.4, 0.5) is 0 Å². The van der Waals surface area contributed by atoms with E-state index in [2.05, 4.69) is 38.8 Å². The first-order chi connectivity index (χ1) is 15.7. The Morgan fingerprint density at radius 2 is 1.88 bits per heavy atom. The van der Waals surface area contributed by atoms with Crippen molar-refractivity contribution in [2.75, 3.05) is 6.79 Å². The van der Waals surface area contributed by atoms with Gasteiger partial charge >= 0.3 is 0 Å². The van der Waals surface area contributed by atoms with E-state index in [-0.39, 0.29) is 6.79 Å². The fourth-order valence-corrected chi connectivity index (χ4v) is 4.26. The molecule has 0 atom stereocenters. The average Bonchev–Trinajstić information content (AvgIpc) is 3.52. The second-order valence-electron chi connectivity index (χ2n) is 7.94. The maximum Gasteiger partial charge on any atom is 0.237 e. The molecule has 164 valence electrons. The Kier molecular flexibility index (Phi) is 5.81. The molecule has 5 rings (SSSR count). The van der Waals surface area contributed by atoms with E-state index in [1.54, 1.807) is 0 Å². The molecule has 4 aromatic rings. The summed E-state index contributed by atoms with van der Waals surface area (Å²) in [7, 11) is 0. The van der Waals surface area contributed by atoms with E-state index >= 15 is 0 Å². The van der Waals surface area contributed by atoms with E-state index in [4.69, 9.17) is 14.0 Å². The van der Waals surface area contributed by atoms with Crippen molar-refractivity contribution in [2.45, 2.75) is 37.7 Å². The minimum absolute atomic E-state index is 0.255. The summed E-state index contributed by atoms with van der Waals surface area (Å²) in [6.07, 6.45) is 0.798. The van der Waals surface area contributed by atoms with Crippen molar-refractivity contribution in [1.82, 2.24) is 24.9 Å². The molecular formula is C23H23N5O3S. The number of hydrogen-bond donors (Lipinski definition) is 0. The standard InChI is InChI=1S/C23H23N5O3S/c1-15(2)10-20-24-21(31-27-20)13-32-23-26-25-22(17-6-4-3-5-7-17)28(23)12-16-8-9-18-19(11-16)30-14-29-18/h3-9,11,15H,10,12-14H2,1-2H3. The molecule has 0 bridgehead atoms. The van der Waals surface area contributed by atoms with Gasteiger partial charge in [0.05, 0.1) is 12.3 Å². The molecule has 0 amide bonds. The molecule has 9 heteroatoms. The van der Waals surface area contributed by atoms with Gasteiger partial charge in [-0.05, 0) is 23.6 Å². The first-order valence-corrected chi connectivity index (χ1v) is 11.5. The van der Waals surface area contributed by atoms with Crippen LogP contribution in [0.3, 0.4) is 0 Å². The Balaban J connectivity index is 1.41. The molecule has 0 spiro atoms. The third kappa shape index (κ3) is 4.47. The first kappa shape index (κ1) is 20.6. The third-order valence-corrected chi connectivity index (χ3v) is 5.90. The topological polar surface area (TPSA) is 88.1 Å². The van der Waals surface area contributed by atoms with Crippen molar-refractivity contribution in [2.24, 2.45) is 5.92 Å². The van der Waals surface area contributed by atoms with Crippen LogP contribution >= 0.6 is 11.8 Å². The lowest BCUT2D eigenvalue weighted by atomic mass is 10.1. The lowest BCUT2D eigenvalue weighted by molar-refractivity contribution is 0.174. The summed E-state index contributed by atoms with van der Waals surface area (Å²) in [6, 6.07) is 16.0. The highest BCUT2D eigenvalue weighted by atomic mass is 32.2. The van der Waals surface area contributed by atoms with Crippen LogP contribution in [0.25, 0.3) is 11.4 Å². The van der Waals surface area contributed by atoms with E-state index in [0.717, 1.165) is 45.9 Å². The van der Waals surface area contributed by atoms with Gasteiger partial charge in [-0.15, -0.1) is 10.2 Å². The number of rotatable bonds is 8. The van der Waals surface area contributed by atoms with E-state index in [0.29, 0.717) is 24.1 Å². The molecule has 8 nitrogen and oxygen atoms in total. The van der Waals surface area contributed by atoms with Crippen molar-refractivity contribution < 1.29 is 14.0 Å². The minimum atomic E-state index is 0.255. The highest BCUT2D eigenvalue weighted by Gasteiger charge is 2.19. The maximum absolute atomic E-state index is 5.54. The van der Waals surface area contributed by atoms with Crippen molar-refractivity contribution >= 4 is 11.8 Å². The summed E-state index contributed by atoms with van der Waals surface area (Å²) in [5.74, 6) is 4.66. The number of nitrogens with zero attached hydrogens (tertiary/aromatic N) is 5. The molecule has 32 heavy (non-hydrogen) atoms. The van der Waals surface area contributed by atoms with E-state index in [9.17, 15) is 0 Å². The third-order valence-electron chi connectivity index (χ3n) is 4.95. The van der Waals surface area contributed by atoms with Gasteiger partial charge in [0.1, 0.15) is 0 Å². The zero-order valence-corrected chi connectivity index (χ0v) is 18.7. The van der Waals surface area contributed by atoms with Gasteiger partial charge < -0.3 is 14.0 Å². The lowest BCUT2D eigenvalue weighted by Gasteiger charge is -2.10. The quantitative estimate of drug-likeness (QED) is 0.361. The van der Waals surface area contributed by atoms with Crippen LogP contribution in [-0.2, 0) is 18.7 Å². The molecule has 0 fully saturated rings. The number of benzene rings is 2. The smallest absolute Gasteiger partial charge is 0.237 e. The molecule has 3 heterocycles. The first-order valence-electron chi connectivity index (χ1n) is 10.5. The highest BCUT2D eigenvalue weighted by molar-refractivity contribution is 7.98. The van der Waals surface area contributed by atoms with Gasteiger partial charge in [0.25, 0.3) is 0 Å². The molecule has 0 radical (unpaired) electrons. The number of hydrogen-bond acceptors (Lipinski definition) is 8. The van der Waals surface area contributed by atoms with E-state index in [1.807, 2.05) is 48.5 Å². The Hall–Kier alpha value is -3.33. The van der Waals surface area contributed by atoms with Crippen LogP contribution in [0, 0.1) is 5.92 Å². The predicted octanol–water partition coefficient (Wildman–Crippen LogP) is 4.60. The molecule has 0 saturated carbocycles. The van der Waals surface area contributed by atoms with Gasteiger partial charge in [0.2, 0.25) is 12.7 Å². The summed E-state index contributed by atoms with van der Waals surface area (Å²) in [4.78, 5) is 4.50. The van der Waals surface area contributed by atoms with Gasteiger partial charge in [0, 0.05) is 12.0 Å². The Morgan fingerprint density at radius 3 is 2.72 bits per heavy atom. The highest BCUT2D eigenvalue weighted by Crippen LogP contribution is 2.34. The van der Waals surface area contributed by atoms with E-state index < -0.39 is 0 Å². The van der Waals surface area contributed by atoms with Crippen molar-refractivity contribution in [1.29, 1.82) is 0 Å². The summed E-state index contributed by atoms with van der Waals surface area (Å²) in [5, 5.41) is 13.8. The summed E-state index contributed by atoms with van der Waals surface area (Å²) in [6.45, 7) is 5.12. The molecule has 0 unspecified atom stereocenters. The van der Waals surface area contributed by atoms with Crippen LogP contribution < -0.4 is 9.47 Å². The fraction of sp³-hybridized carbons (Fsp3) is 0.304. The Labute approximate surface area is 190 Å². The zero-order valence-electron chi connectivity index (χ0n) is 17.9. The molecule has 0 saturated heterocycles. The summed E-state index contributed by atoms with van der Waals surface area (Å²) < 4.78 is 18.5. The summed E-state index contributed by atoms with van der Waals surface area (Å²) >= 11 is 1.53. The number of fused-ring (bicyclic) bond motifs is 1. The molecule has 2 aromatic heterocycles. The molecule has 0 aliphatic carbocycles. The van der Waals surface area contributed by atoms with Gasteiger partial charge in [-0.2, -0.15) is 4.98 Å². The van der Waals surface area contributed by atoms with E-state index in [1.165, 1.54) is 11.8 Å². The number of ether oxygens (including phenoxy) is 2. The van der Waals surface area contributed by atoms with Crippen molar-refractivity contribution in [3.8, 4) is 22.9 Å². The van der Waals surface area contributed by atoms with Gasteiger partial charge in [-0.1, -0.05) is 67.2 Å². The zero-order chi connectivity index (χ0) is 21.9. The van der Waals surface area contributed by atoms with Crippen LogP contribution in [0.5, 0.6) is 11.5 Å². The Bertz CT molecular complexity index is 1210. The molecule has 1 aliphatic heterocycles. The number of aromatic nitrogens is 5. The Morgan fingerprint density at radius 1 is 1.03 bits per heavy atom. The SMILES string of the molecule is CC(C)Cc1noc(CSc2nnc(-c3ccccc3)n2Cc2ccc3c(c2)OCO3)n1. The predicted molar refractivity (Wildman–Crippen MR) is 120 cm³/mol. The molecule has 1 aliphatic rings. The molecular weight excluding hydrogens is 426 g/mol. The molecule has 2 aromatic carbocycles. The van der Waals surface area contributed by atoms with Crippen molar-refractivity contribution in [3.05, 3.63) is 65.8 Å². The van der Waals surface area contributed by atoms with Gasteiger partial charge in [-0.25, -0.2) is 0 Å². The second kappa shape index (κ2) is 9.04. The van der Waals surface area contributed by atoms with Crippen LogP contribution in [0.2, 0.25) is 0 Å². The van der Waals surface area contributed by atoms with Crippen LogP contribution in [-0.4, -0.2) is 31.7 Å². The second-order valence-corrected chi connectivity index (χ2v) is 8.88. The maximum atomic E-state index is 5.54. The normalized spacial score (nSPS) is 12.6. The minimum Gasteiger partial charge on any atom is -0.454 e. The van der Waals surface area contributed by atoms with Crippen molar-refractivity contribution in [3.63, 3.8) is 0 Å². The molecule has 0 N–H and O–H groups in total. The summed E-state index contributed by atoms with van der Waals surface area (Å²) in [5.41, 5.74) is 2.08. The van der Waals surface area contributed by atoms with Gasteiger partial charge in [0.15, 0.2) is 28.3 Å². The van der Waals surface area contributed by atoms with Crippen LogP contribution in [0.15, 0.2) is 58.2 Å². The largest absolute Gasteiger partial charge is 0.454 e. The van der Waals surface area contributed by atoms with Crippen LogP contribution in [0.1, 0.15) is 31.1 Å². The van der Waals surface area contributed by atoms with Gasteiger partial charge in [-0.3, -0.25) is 4.57 Å². The number of thioether (sulfide) groups is 1.